The Morgan fingerprint density at radius 1 is 1.15 bits per heavy atom. The van der Waals surface area contributed by atoms with Crippen LogP contribution in [0.1, 0.15) is 10.4 Å². The van der Waals surface area contributed by atoms with Gasteiger partial charge in [-0.05, 0) is 12.1 Å². The molecule has 1 aromatic carbocycles. The highest BCUT2D eigenvalue weighted by atomic mass is 16.5. The summed E-state index contributed by atoms with van der Waals surface area (Å²) in [6.45, 7) is 4.72. The summed E-state index contributed by atoms with van der Waals surface area (Å²) < 4.78 is 7.08. The fraction of sp³-hybridized carbons (Fsp3) is 0.316. The van der Waals surface area contributed by atoms with Crippen molar-refractivity contribution in [3.8, 4) is 0 Å². The first-order chi connectivity index (χ1) is 12.8. The van der Waals surface area contributed by atoms with Gasteiger partial charge < -0.3 is 9.64 Å². The number of benzene rings is 1. The number of morpholine rings is 1. The first-order valence-corrected chi connectivity index (χ1v) is 8.77. The van der Waals surface area contributed by atoms with Gasteiger partial charge in [-0.15, -0.1) is 0 Å². The zero-order chi connectivity index (χ0) is 17.8. The van der Waals surface area contributed by atoms with E-state index in [0.29, 0.717) is 17.6 Å². The molecule has 0 spiro atoms. The lowest BCUT2D eigenvalue weighted by molar-refractivity contribution is 0.0391. The van der Waals surface area contributed by atoms with Gasteiger partial charge >= 0.3 is 0 Å². The molecule has 26 heavy (non-hydrogen) atoms. The molecule has 0 unspecified atom stereocenters. The van der Waals surface area contributed by atoms with E-state index in [2.05, 4.69) is 15.0 Å². The Labute approximate surface area is 151 Å². The van der Waals surface area contributed by atoms with Gasteiger partial charge in [0.1, 0.15) is 0 Å². The Morgan fingerprint density at radius 3 is 2.77 bits per heavy atom. The fourth-order valence-electron chi connectivity index (χ4n) is 3.17. The average molecular weight is 351 g/mol. The summed E-state index contributed by atoms with van der Waals surface area (Å²) in [5.74, 6) is -0.0625. The lowest BCUT2D eigenvalue weighted by atomic mass is 10.2. The molecule has 1 aliphatic rings. The van der Waals surface area contributed by atoms with Crippen LogP contribution in [0.2, 0.25) is 0 Å². The number of anilines is 1. The molecule has 7 heteroatoms. The van der Waals surface area contributed by atoms with E-state index in [1.165, 1.54) is 0 Å². The van der Waals surface area contributed by atoms with Crippen LogP contribution in [-0.2, 0) is 4.74 Å². The van der Waals surface area contributed by atoms with E-state index in [1.54, 1.807) is 29.3 Å². The number of ether oxygens (including phenoxy) is 1. The van der Waals surface area contributed by atoms with Crippen molar-refractivity contribution in [3.05, 3.63) is 60.7 Å². The lowest BCUT2D eigenvalue weighted by Crippen LogP contribution is -2.43. The lowest BCUT2D eigenvalue weighted by Gasteiger charge is -2.30. The third-order valence-corrected chi connectivity index (χ3v) is 4.61. The Bertz CT molecular complexity index is 874. The first kappa shape index (κ1) is 16.7. The van der Waals surface area contributed by atoms with Crippen LogP contribution in [0, 0.1) is 0 Å². The number of para-hydroxylation sites is 1. The maximum atomic E-state index is 13.3. The second-order valence-corrected chi connectivity index (χ2v) is 6.21. The summed E-state index contributed by atoms with van der Waals surface area (Å²) in [6, 6.07) is 9.76. The fourth-order valence-corrected chi connectivity index (χ4v) is 3.17. The third-order valence-electron chi connectivity index (χ3n) is 4.61. The van der Waals surface area contributed by atoms with Gasteiger partial charge in [0.15, 0.2) is 0 Å². The molecule has 7 nitrogen and oxygen atoms in total. The van der Waals surface area contributed by atoms with Gasteiger partial charge in [0, 0.05) is 44.3 Å². The minimum Gasteiger partial charge on any atom is -0.379 e. The van der Waals surface area contributed by atoms with E-state index >= 15 is 0 Å². The average Bonchev–Trinajstić information content (AvgIpc) is 3.14. The second-order valence-electron chi connectivity index (χ2n) is 6.21. The second kappa shape index (κ2) is 7.63. The van der Waals surface area contributed by atoms with Crippen molar-refractivity contribution < 1.29 is 9.53 Å². The molecule has 134 valence electrons. The number of amides is 1. The molecule has 0 radical (unpaired) electrons. The zero-order valence-corrected chi connectivity index (χ0v) is 14.5. The Morgan fingerprint density at radius 2 is 1.96 bits per heavy atom. The van der Waals surface area contributed by atoms with Gasteiger partial charge in [0.05, 0.1) is 36.7 Å². The summed E-state index contributed by atoms with van der Waals surface area (Å²) in [5, 5.41) is 4.27. The molecule has 1 fully saturated rings. The number of hydrogen-bond donors (Lipinski definition) is 0. The number of carbonyl (C=O) groups is 1. The highest BCUT2D eigenvalue weighted by Crippen LogP contribution is 2.19. The van der Waals surface area contributed by atoms with Gasteiger partial charge in [-0.3, -0.25) is 14.7 Å². The SMILES string of the molecule is O=C(c1cnn2ccncc12)N(CCN1CCOCC1)c1ccccc1. The molecule has 3 aromatic rings. The maximum Gasteiger partial charge on any atom is 0.262 e. The van der Waals surface area contributed by atoms with E-state index in [4.69, 9.17) is 4.74 Å². The quantitative estimate of drug-likeness (QED) is 0.700. The number of nitrogens with zero attached hydrogens (tertiary/aromatic N) is 5. The molecule has 1 saturated heterocycles. The summed E-state index contributed by atoms with van der Waals surface area (Å²) in [6.07, 6.45) is 6.68. The van der Waals surface area contributed by atoms with Crippen LogP contribution < -0.4 is 4.90 Å². The standard InChI is InChI=1S/C19H21N5O2/c25-19(17-14-21-24-7-6-20-15-18(17)24)23(16-4-2-1-3-5-16)9-8-22-10-12-26-13-11-22/h1-7,14-15H,8-13H2. The monoisotopic (exact) mass is 351 g/mol. The summed E-state index contributed by atoms with van der Waals surface area (Å²) in [4.78, 5) is 21.6. The molecule has 0 bridgehead atoms. The van der Waals surface area contributed by atoms with Crippen molar-refractivity contribution >= 4 is 17.1 Å². The van der Waals surface area contributed by atoms with E-state index in [-0.39, 0.29) is 5.91 Å². The number of rotatable bonds is 5. The van der Waals surface area contributed by atoms with E-state index in [9.17, 15) is 4.79 Å². The minimum absolute atomic E-state index is 0.0625. The van der Waals surface area contributed by atoms with Gasteiger partial charge in [-0.1, -0.05) is 18.2 Å². The molecule has 2 aromatic heterocycles. The van der Waals surface area contributed by atoms with Crippen molar-refractivity contribution in [2.24, 2.45) is 0 Å². The zero-order valence-electron chi connectivity index (χ0n) is 14.5. The topological polar surface area (TPSA) is 63.0 Å². The number of fused-ring (bicyclic) bond motifs is 1. The molecular weight excluding hydrogens is 330 g/mol. The molecule has 1 amide bonds. The molecule has 3 heterocycles. The highest BCUT2D eigenvalue weighted by molar-refractivity contribution is 6.10. The van der Waals surface area contributed by atoms with Gasteiger partial charge in [0.2, 0.25) is 0 Å². The first-order valence-electron chi connectivity index (χ1n) is 8.77. The molecular formula is C19H21N5O2. The Hall–Kier alpha value is -2.77. The Kier molecular flexibility index (Phi) is 4.90. The predicted octanol–water partition coefficient (Wildman–Crippen LogP) is 1.71. The molecule has 0 saturated carbocycles. The van der Waals surface area contributed by atoms with Crippen molar-refractivity contribution in [1.29, 1.82) is 0 Å². The van der Waals surface area contributed by atoms with E-state index < -0.39 is 0 Å². The van der Waals surface area contributed by atoms with Crippen LogP contribution in [0.15, 0.2) is 55.1 Å². The van der Waals surface area contributed by atoms with Gasteiger partial charge in [0.25, 0.3) is 5.91 Å². The van der Waals surface area contributed by atoms with Crippen molar-refractivity contribution in [2.75, 3.05) is 44.3 Å². The number of carbonyl (C=O) groups excluding carboxylic acids is 1. The highest BCUT2D eigenvalue weighted by Gasteiger charge is 2.22. The van der Waals surface area contributed by atoms with Crippen LogP contribution in [0.4, 0.5) is 5.69 Å². The summed E-state index contributed by atoms with van der Waals surface area (Å²) >= 11 is 0. The van der Waals surface area contributed by atoms with Crippen molar-refractivity contribution in [2.45, 2.75) is 0 Å². The third kappa shape index (κ3) is 3.44. The van der Waals surface area contributed by atoms with E-state index in [0.717, 1.165) is 38.5 Å². The minimum atomic E-state index is -0.0625. The largest absolute Gasteiger partial charge is 0.379 e. The van der Waals surface area contributed by atoms with Gasteiger partial charge in [-0.25, -0.2) is 4.52 Å². The van der Waals surface area contributed by atoms with Crippen molar-refractivity contribution in [1.82, 2.24) is 19.5 Å². The van der Waals surface area contributed by atoms with Crippen LogP contribution >= 0.6 is 0 Å². The molecule has 4 rings (SSSR count). The number of hydrogen-bond acceptors (Lipinski definition) is 5. The van der Waals surface area contributed by atoms with Crippen LogP contribution in [0.5, 0.6) is 0 Å². The normalized spacial score (nSPS) is 15.2. The maximum absolute atomic E-state index is 13.3. The molecule has 0 N–H and O–H groups in total. The van der Waals surface area contributed by atoms with Crippen LogP contribution in [0.25, 0.3) is 5.52 Å². The molecule has 1 aliphatic heterocycles. The predicted molar refractivity (Wildman–Crippen MR) is 98.4 cm³/mol. The molecule has 0 atom stereocenters. The summed E-state index contributed by atoms with van der Waals surface area (Å²) in [7, 11) is 0. The van der Waals surface area contributed by atoms with Crippen LogP contribution in [0.3, 0.4) is 0 Å². The van der Waals surface area contributed by atoms with Crippen molar-refractivity contribution in [3.63, 3.8) is 0 Å². The Balaban J connectivity index is 1.60. The van der Waals surface area contributed by atoms with Gasteiger partial charge in [-0.2, -0.15) is 5.10 Å². The van der Waals surface area contributed by atoms with E-state index in [1.807, 2.05) is 35.2 Å². The summed E-state index contributed by atoms with van der Waals surface area (Å²) in [5.41, 5.74) is 2.16. The molecule has 0 aliphatic carbocycles. The van der Waals surface area contributed by atoms with Crippen LogP contribution in [-0.4, -0.2) is 64.8 Å². The smallest absolute Gasteiger partial charge is 0.262 e. The number of aromatic nitrogens is 3.